The quantitative estimate of drug-likeness (QED) is 0.821. The van der Waals surface area contributed by atoms with Gasteiger partial charge >= 0.3 is 0 Å². The number of amides is 1. The Labute approximate surface area is 133 Å². The van der Waals surface area contributed by atoms with Crippen molar-refractivity contribution in [2.75, 3.05) is 13.2 Å². The average Bonchev–Trinajstić information content (AvgIpc) is 3.27. The van der Waals surface area contributed by atoms with Crippen LogP contribution in [-0.4, -0.2) is 24.2 Å². The Balaban J connectivity index is 1.52. The molecule has 2 aromatic rings. The van der Waals surface area contributed by atoms with E-state index in [1.807, 2.05) is 0 Å². The predicted molar refractivity (Wildman–Crippen MR) is 80.2 cm³/mol. The zero-order valence-electron chi connectivity index (χ0n) is 12.5. The molecular formula is C17H18FNO4. The summed E-state index contributed by atoms with van der Waals surface area (Å²) >= 11 is 0. The minimum Gasteiger partial charge on any atom is -0.484 e. The fourth-order valence-electron chi connectivity index (χ4n) is 2.48. The van der Waals surface area contributed by atoms with Crippen molar-refractivity contribution >= 4 is 5.91 Å². The fraction of sp³-hybridized carbons (Fsp3) is 0.353. The van der Waals surface area contributed by atoms with Gasteiger partial charge < -0.3 is 19.6 Å². The molecule has 1 aromatic heterocycles. The molecule has 0 aliphatic heterocycles. The molecular weight excluding hydrogens is 301 g/mol. The summed E-state index contributed by atoms with van der Waals surface area (Å²) < 4.78 is 23.4. The minimum absolute atomic E-state index is 0.0663. The number of hydrogen-bond donors (Lipinski definition) is 2. The number of carbonyl (C=O) groups excluding carboxylic acids is 1. The van der Waals surface area contributed by atoms with Crippen LogP contribution in [0.5, 0.6) is 5.75 Å². The summed E-state index contributed by atoms with van der Waals surface area (Å²) in [5, 5.41) is 13.5. The molecule has 1 aliphatic rings. The molecule has 6 heteroatoms. The van der Waals surface area contributed by atoms with Gasteiger partial charge in [-0.15, -0.1) is 0 Å². The topological polar surface area (TPSA) is 71.7 Å². The van der Waals surface area contributed by atoms with Crippen LogP contribution in [0.3, 0.4) is 0 Å². The highest BCUT2D eigenvalue weighted by Gasteiger charge is 2.47. The molecule has 0 saturated heterocycles. The summed E-state index contributed by atoms with van der Waals surface area (Å²) in [6.07, 6.45) is 3.31. The monoisotopic (exact) mass is 319 g/mol. The van der Waals surface area contributed by atoms with Crippen molar-refractivity contribution < 1.29 is 23.4 Å². The maximum absolute atomic E-state index is 12.8. The third-order valence-corrected chi connectivity index (χ3v) is 3.94. The van der Waals surface area contributed by atoms with Crippen LogP contribution in [0.15, 0.2) is 47.1 Å². The van der Waals surface area contributed by atoms with Gasteiger partial charge in [-0.25, -0.2) is 4.39 Å². The van der Waals surface area contributed by atoms with Crippen LogP contribution in [0.25, 0.3) is 0 Å². The van der Waals surface area contributed by atoms with E-state index in [1.54, 1.807) is 12.1 Å². The van der Waals surface area contributed by atoms with Gasteiger partial charge in [0.15, 0.2) is 6.61 Å². The number of rotatable bonds is 7. The molecule has 1 heterocycles. The van der Waals surface area contributed by atoms with Crippen molar-refractivity contribution in [3.05, 3.63) is 54.2 Å². The van der Waals surface area contributed by atoms with Crippen molar-refractivity contribution in [1.82, 2.24) is 5.32 Å². The average molecular weight is 319 g/mol. The third-order valence-electron chi connectivity index (χ3n) is 3.94. The van der Waals surface area contributed by atoms with E-state index in [0.29, 0.717) is 11.5 Å². The number of benzene rings is 1. The van der Waals surface area contributed by atoms with E-state index >= 15 is 0 Å². The van der Waals surface area contributed by atoms with E-state index in [1.165, 1.54) is 30.5 Å². The molecule has 1 atom stereocenters. The Kier molecular flexibility index (Phi) is 4.34. The van der Waals surface area contributed by atoms with Crippen LogP contribution < -0.4 is 10.1 Å². The number of furan rings is 1. The van der Waals surface area contributed by atoms with Crippen LogP contribution in [0.4, 0.5) is 4.39 Å². The van der Waals surface area contributed by atoms with E-state index < -0.39 is 5.60 Å². The number of carbonyl (C=O) groups is 1. The Hall–Kier alpha value is -2.34. The zero-order valence-corrected chi connectivity index (χ0v) is 12.5. The second-order valence-electron chi connectivity index (χ2n) is 5.70. The summed E-state index contributed by atoms with van der Waals surface area (Å²) in [5.41, 5.74) is -1.19. The van der Waals surface area contributed by atoms with Crippen LogP contribution in [0.2, 0.25) is 0 Å². The lowest BCUT2D eigenvalue weighted by atomic mass is 9.94. The largest absolute Gasteiger partial charge is 0.484 e. The molecule has 122 valence electrons. The van der Waals surface area contributed by atoms with E-state index in [2.05, 4.69) is 5.32 Å². The molecule has 1 amide bonds. The highest BCUT2D eigenvalue weighted by Crippen LogP contribution is 2.45. The molecule has 1 saturated carbocycles. The van der Waals surface area contributed by atoms with Crippen LogP contribution >= 0.6 is 0 Å². The van der Waals surface area contributed by atoms with Gasteiger partial charge in [-0.2, -0.15) is 0 Å². The number of hydrogen-bond acceptors (Lipinski definition) is 4. The van der Waals surface area contributed by atoms with Gasteiger partial charge in [0, 0.05) is 0 Å². The molecule has 2 N–H and O–H groups in total. The first-order chi connectivity index (χ1) is 11.1. The maximum Gasteiger partial charge on any atom is 0.258 e. The normalized spacial score (nSPS) is 16.6. The zero-order chi connectivity index (χ0) is 16.3. The van der Waals surface area contributed by atoms with Gasteiger partial charge in [-0.05, 0) is 55.2 Å². The Morgan fingerprint density at radius 3 is 2.70 bits per heavy atom. The number of nitrogens with one attached hydrogen (secondary N) is 1. The molecule has 1 aliphatic carbocycles. The van der Waals surface area contributed by atoms with Gasteiger partial charge in [0.2, 0.25) is 0 Å². The van der Waals surface area contributed by atoms with Crippen molar-refractivity contribution in [3.8, 4) is 5.75 Å². The molecule has 3 rings (SSSR count). The maximum atomic E-state index is 12.8. The first-order valence-corrected chi connectivity index (χ1v) is 7.49. The first kappa shape index (κ1) is 15.6. The molecule has 23 heavy (non-hydrogen) atoms. The van der Waals surface area contributed by atoms with E-state index in [4.69, 9.17) is 9.15 Å². The molecule has 5 nitrogen and oxygen atoms in total. The van der Waals surface area contributed by atoms with Crippen LogP contribution in [-0.2, 0) is 10.4 Å². The Morgan fingerprint density at radius 2 is 2.09 bits per heavy atom. The molecule has 0 bridgehead atoms. The molecule has 0 radical (unpaired) electrons. The second kappa shape index (κ2) is 6.42. The first-order valence-electron chi connectivity index (χ1n) is 7.49. The van der Waals surface area contributed by atoms with Crippen molar-refractivity contribution in [3.63, 3.8) is 0 Å². The summed E-state index contributed by atoms with van der Waals surface area (Å²) in [5.74, 6) is 0.228. The van der Waals surface area contributed by atoms with Gasteiger partial charge in [0.1, 0.15) is 22.9 Å². The summed E-state index contributed by atoms with van der Waals surface area (Å²) in [6, 6.07) is 8.84. The SMILES string of the molecule is O=C(COc1ccc(F)cc1)NCC(O)(c1ccco1)C1CC1. The molecule has 1 aromatic carbocycles. The number of aliphatic hydroxyl groups is 1. The lowest BCUT2D eigenvalue weighted by molar-refractivity contribution is -0.125. The second-order valence-corrected chi connectivity index (χ2v) is 5.70. The number of ether oxygens (including phenoxy) is 1. The van der Waals surface area contributed by atoms with Crippen molar-refractivity contribution in [1.29, 1.82) is 0 Å². The van der Waals surface area contributed by atoms with Crippen LogP contribution in [0, 0.1) is 11.7 Å². The third kappa shape index (κ3) is 3.71. The van der Waals surface area contributed by atoms with Crippen molar-refractivity contribution in [2.24, 2.45) is 5.92 Å². The predicted octanol–water partition coefficient (Wildman–Crippen LogP) is 2.21. The summed E-state index contributed by atoms with van der Waals surface area (Å²) in [6.45, 7) is -0.138. The standard InChI is InChI=1S/C17H18FNO4/c18-13-5-7-14(8-6-13)23-10-16(20)19-11-17(21,12-3-4-12)15-2-1-9-22-15/h1-2,5-9,12,21H,3-4,10-11H2,(H,19,20). The van der Waals surface area contributed by atoms with Gasteiger partial charge in [-0.1, -0.05) is 0 Å². The lowest BCUT2D eigenvalue weighted by Crippen LogP contribution is -2.43. The number of halogens is 1. The highest BCUT2D eigenvalue weighted by atomic mass is 19.1. The highest BCUT2D eigenvalue weighted by molar-refractivity contribution is 5.77. The van der Waals surface area contributed by atoms with Crippen molar-refractivity contribution in [2.45, 2.75) is 18.4 Å². The molecule has 1 fully saturated rings. The van der Waals surface area contributed by atoms with Gasteiger partial charge in [0.05, 0.1) is 12.8 Å². The van der Waals surface area contributed by atoms with E-state index in [-0.39, 0.29) is 30.8 Å². The van der Waals surface area contributed by atoms with E-state index in [9.17, 15) is 14.3 Å². The minimum atomic E-state index is -1.19. The Bertz CT molecular complexity index is 652. The summed E-state index contributed by atoms with van der Waals surface area (Å²) in [7, 11) is 0. The molecule has 0 spiro atoms. The fourth-order valence-corrected chi connectivity index (χ4v) is 2.48. The lowest BCUT2D eigenvalue weighted by Gasteiger charge is -2.26. The summed E-state index contributed by atoms with van der Waals surface area (Å²) in [4.78, 5) is 11.9. The van der Waals surface area contributed by atoms with Gasteiger partial charge in [0.25, 0.3) is 5.91 Å². The smallest absolute Gasteiger partial charge is 0.258 e. The van der Waals surface area contributed by atoms with E-state index in [0.717, 1.165) is 12.8 Å². The van der Waals surface area contributed by atoms with Gasteiger partial charge in [-0.3, -0.25) is 4.79 Å². The van der Waals surface area contributed by atoms with Crippen LogP contribution in [0.1, 0.15) is 18.6 Å². The Morgan fingerprint density at radius 1 is 1.35 bits per heavy atom. The molecule has 1 unspecified atom stereocenters.